The molecule has 4 aromatic rings. The van der Waals surface area contributed by atoms with Gasteiger partial charge >= 0.3 is 0 Å². The van der Waals surface area contributed by atoms with Gasteiger partial charge in [0.25, 0.3) is 0 Å². The van der Waals surface area contributed by atoms with Crippen LogP contribution >= 0.6 is 22.7 Å². The quantitative estimate of drug-likeness (QED) is 0.369. The summed E-state index contributed by atoms with van der Waals surface area (Å²) in [6, 6.07) is 21.1. The van der Waals surface area contributed by atoms with E-state index in [2.05, 4.69) is 36.6 Å². The number of hydrazone groups is 1. The molecule has 0 radical (unpaired) electrons. The van der Waals surface area contributed by atoms with Crippen LogP contribution in [0.3, 0.4) is 0 Å². The molecule has 0 bridgehead atoms. The van der Waals surface area contributed by atoms with Crippen LogP contribution < -0.4 is 5.01 Å². The number of rotatable bonds is 4. The molecule has 0 spiro atoms. The number of hydrogen-bond acceptors (Lipinski definition) is 5. The van der Waals surface area contributed by atoms with E-state index in [1.807, 2.05) is 35.3 Å². The molecule has 0 saturated heterocycles. The third-order valence-corrected chi connectivity index (χ3v) is 6.83. The Morgan fingerprint density at radius 2 is 1.79 bits per heavy atom. The van der Waals surface area contributed by atoms with Crippen molar-refractivity contribution in [3.8, 4) is 11.3 Å². The van der Waals surface area contributed by atoms with Gasteiger partial charge in [0.1, 0.15) is 5.82 Å². The lowest BCUT2D eigenvalue weighted by Gasteiger charge is -2.21. The van der Waals surface area contributed by atoms with Crippen LogP contribution in [0.2, 0.25) is 0 Å². The smallest absolute Gasteiger partial charge is 0.207 e. The molecule has 1 unspecified atom stereocenters. The van der Waals surface area contributed by atoms with E-state index in [0.29, 0.717) is 0 Å². The zero-order chi connectivity index (χ0) is 19.8. The van der Waals surface area contributed by atoms with Gasteiger partial charge in [-0.05, 0) is 36.8 Å². The number of nitrogens with zero attached hydrogens (tertiary/aromatic N) is 3. The maximum absolute atomic E-state index is 13.5. The zero-order valence-electron chi connectivity index (χ0n) is 15.7. The lowest BCUT2D eigenvalue weighted by Crippen LogP contribution is -2.18. The van der Waals surface area contributed by atoms with Gasteiger partial charge in [0.2, 0.25) is 5.13 Å². The summed E-state index contributed by atoms with van der Waals surface area (Å²) in [4.78, 5) is 7.30. The molecular weight excluding hydrogens is 401 g/mol. The fourth-order valence-corrected chi connectivity index (χ4v) is 5.17. The van der Waals surface area contributed by atoms with Crippen LogP contribution in [-0.4, -0.2) is 10.7 Å². The fourth-order valence-electron chi connectivity index (χ4n) is 3.48. The van der Waals surface area contributed by atoms with Gasteiger partial charge in [-0.3, -0.25) is 0 Å². The van der Waals surface area contributed by atoms with Crippen LogP contribution in [0.4, 0.5) is 9.52 Å². The maximum atomic E-state index is 13.5. The Morgan fingerprint density at radius 3 is 2.52 bits per heavy atom. The molecule has 2 aromatic heterocycles. The second kappa shape index (κ2) is 7.54. The summed E-state index contributed by atoms with van der Waals surface area (Å²) in [7, 11) is 0. The molecule has 6 heteroatoms. The van der Waals surface area contributed by atoms with E-state index in [1.165, 1.54) is 21.9 Å². The molecule has 0 saturated carbocycles. The highest BCUT2D eigenvalue weighted by Crippen LogP contribution is 2.40. The number of aryl methyl sites for hydroxylation is 1. The largest absolute Gasteiger partial charge is 0.231 e. The van der Waals surface area contributed by atoms with Crippen molar-refractivity contribution in [1.82, 2.24) is 4.98 Å². The minimum absolute atomic E-state index is 0.00257. The summed E-state index contributed by atoms with van der Waals surface area (Å²) in [5.74, 6) is -0.228. The number of anilines is 1. The molecule has 0 N–H and O–H groups in total. The topological polar surface area (TPSA) is 28.5 Å². The first-order chi connectivity index (χ1) is 14.2. The van der Waals surface area contributed by atoms with Gasteiger partial charge < -0.3 is 0 Å². The molecule has 0 fully saturated rings. The minimum atomic E-state index is -0.228. The number of benzene rings is 2. The zero-order valence-corrected chi connectivity index (χ0v) is 17.4. The molecule has 0 aliphatic carbocycles. The fraction of sp³-hybridized carbons (Fsp3) is 0.130. The highest BCUT2D eigenvalue weighted by Gasteiger charge is 2.32. The SMILES string of the molecule is Cc1ccc(C2=NN(c3nc(-c4ccccc4)cs3)C(c3ccc(F)cc3)C2)s1. The molecule has 1 aliphatic rings. The normalized spacial score (nSPS) is 16.3. The maximum Gasteiger partial charge on any atom is 0.207 e. The minimum Gasteiger partial charge on any atom is -0.231 e. The van der Waals surface area contributed by atoms with Crippen molar-refractivity contribution in [2.45, 2.75) is 19.4 Å². The van der Waals surface area contributed by atoms with Crippen molar-refractivity contribution in [2.75, 3.05) is 5.01 Å². The Morgan fingerprint density at radius 1 is 1.00 bits per heavy atom. The molecule has 3 heterocycles. The number of hydrogen-bond donors (Lipinski definition) is 0. The lowest BCUT2D eigenvalue weighted by atomic mass is 10.0. The Kier molecular flexibility index (Phi) is 4.73. The van der Waals surface area contributed by atoms with Crippen molar-refractivity contribution < 1.29 is 4.39 Å². The first kappa shape index (κ1) is 18.2. The first-order valence-corrected chi connectivity index (χ1v) is 11.1. The van der Waals surface area contributed by atoms with Crippen LogP contribution in [0.5, 0.6) is 0 Å². The number of thiazole rings is 1. The average Bonchev–Trinajstić information content (AvgIpc) is 3.48. The van der Waals surface area contributed by atoms with E-state index >= 15 is 0 Å². The van der Waals surface area contributed by atoms with Gasteiger partial charge in [-0.1, -0.05) is 42.5 Å². The Labute approximate surface area is 176 Å². The van der Waals surface area contributed by atoms with E-state index in [4.69, 9.17) is 10.1 Å². The number of thiophene rings is 1. The molecule has 1 aliphatic heterocycles. The summed E-state index contributed by atoms with van der Waals surface area (Å²) >= 11 is 3.33. The molecular formula is C23H18FN3S2. The summed E-state index contributed by atoms with van der Waals surface area (Å²) in [5.41, 5.74) is 4.12. The van der Waals surface area contributed by atoms with Crippen LogP contribution in [0.1, 0.15) is 27.8 Å². The van der Waals surface area contributed by atoms with Crippen molar-refractivity contribution in [3.63, 3.8) is 0 Å². The predicted octanol–water partition coefficient (Wildman–Crippen LogP) is 6.67. The predicted molar refractivity (Wildman–Crippen MR) is 119 cm³/mol. The Balaban J connectivity index is 1.53. The molecule has 1 atom stereocenters. The highest BCUT2D eigenvalue weighted by atomic mass is 32.1. The Hall–Kier alpha value is -2.83. The van der Waals surface area contributed by atoms with Gasteiger partial charge in [0.15, 0.2) is 0 Å². The third kappa shape index (κ3) is 3.61. The van der Waals surface area contributed by atoms with Gasteiger partial charge in [0, 0.05) is 22.2 Å². The van der Waals surface area contributed by atoms with Crippen LogP contribution in [0.15, 0.2) is 77.2 Å². The summed E-state index contributed by atoms with van der Waals surface area (Å²) < 4.78 is 13.5. The van der Waals surface area contributed by atoms with Crippen LogP contribution in [0.25, 0.3) is 11.3 Å². The third-order valence-electron chi connectivity index (χ3n) is 4.95. The van der Waals surface area contributed by atoms with Crippen molar-refractivity contribution in [2.24, 2.45) is 5.10 Å². The van der Waals surface area contributed by atoms with E-state index < -0.39 is 0 Å². The average molecular weight is 420 g/mol. The summed E-state index contributed by atoms with van der Waals surface area (Å²) in [6.45, 7) is 2.10. The molecule has 2 aromatic carbocycles. The van der Waals surface area contributed by atoms with Crippen LogP contribution in [-0.2, 0) is 0 Å². The van der Waals surface area contributed by atoms with Gasteiger partial charge in [-0.25, -0.2) is 14.4 Å². The highest BCUT2D eigenvalue weighted by molar-refractivity contribution is 7.14. The molecule has 0 amide bonds. The molecule has 3 nitrogen and oxygen atoms in total. The Bertz CT molecular complexity index is 1160. The van der Waals surface area contributed by atoms with E-state index in [-0.39, 0.29) is 11.9 Å². The van der Waals surface area contributed by atoms with E-state index in [0.717, 1.165) is 34.1 Å². The standard InChI is InChI=1S/C23H18FN3S2/c1-15-7-12-22(29-15)19-13-21(17-8-10-18(24)11-9-17)27(26-19)23-25-20(14-28-23)16-5-3-2-4-6-16/h2-12,14,21H,13H2,1H3. The summed E-state index contributed by atoms with van der Waals surface area (Å²) in [5, 5.41) is 9.85. The van der Waals surface area contributed by atoms with Gasteiger partial charge in [-0.15, -0.1) is 22.7 Å². The molecule has 5 rings (SSSR count). The number of halogens is 1. The van der Waals surface area contributed by atoms with Crippen LogP contribution in [0, 0.1) is 12.7 Å². The second-order valence-corrected chi connectivity index (χ2v) is 9.08. The van der Waals surface area contributed by atoms with Gasteiger partial charge in [-0.2, -0.15) is 5.10 Å². The first-order valence-electron chi connectivity index (χ1n) is 9.37. The van der Waals surface area contributed by atoms with Crippen molar-refractivity contribution >= 4 is 33.5 Å². The number of aromatic nitrogens is 1. The summed E-state index contributed by atoms with van der Waals surface area (Å²) in [6.07, 6.45) is 0.770. The van der Waals surface area contributed by atoms with E-state index in [9.17, 15) is 4.39 Å². The molecule has 144 valence electrons. The second-order valence-electron chi connectivity index (χ2n) is 6.95. The monoisotopic (exact) mass is 419 g/mol. The van der Waals surface area contributed by atoms with E-state index in [1.54, 1.807) is 22.7 Å². The lowest BCUT2D eigenvalue weighted by molar-refractivity contribution is 0.624. The van der Waals surface area contributed by atoms with Crippen molar-refractivity contribution in [3.05, 3.63) is 93.2 Å². The van der Waals surface area contributed by atoms with Crippen molar-refractivity contribution in [1.29, 1.82) is 0 Å². The molecule has 29 heavy (non-hydrogen) atoms. The van der Waals surface area contributed by atoms with Gasteiger partial charge in [0.05, 0.1) is 22.3 Å².